The van der Waals surface area contributed by atoms with Gasteiger partial charge in [-0.15, -0.1) is 11.3 Å². The number of benzene rings is 1. The van der Waals surface area contributed by atoms with Gasteiger partial charge < -0.3 is 11.1 Å². The maximum absolute atomic E-state index is 12.3. The average molecular weight is 288 g/mol. The second-order valence-electron chi connectivity index (χ2n) is 5.33. The Hall–Kier alpha value is -1.81. The molecule has 0 aliphatic heterocycles. The van der Waals surface area contributed by atoms with Crippen molar-refractivity contribution >= 4 is 22.9 Å². The Morgan fingerprint density at radius 3 is 2.55 bits per heavy atom. The van der Waals surface area contributed by atoms with Crippen molar-refractivity contribution in [1.82, 2.24) is 5.32 Å². The van der Waals surface area contributed by atoms with E-state index in [1.54, 1.807) is 11.3 Å². The minimum Gasteiger partial charge on any atom is -0.399 e. The lowest BCUT2D eigenvalue weighted by atomic mass is 9.83. The fourth-order valence-electron chi connectivity index (χ4n) is 2.01. The van der Waals surface area contributed by atoms with E-state index < -0.39 is 5.41 Å². The van der Waals surface area contributed by atoms with Gasteiger partial charge in [0, 0.05) is 17.1 Å². The number of nitrogen functional groups attached to an aromatic ring is 1. The van der Waals surface area contributed by atoms with Crippen molar-refractivity contribution in [1.29, 1.82) is 0 Å². The second kappa shape index (κ2) is 6.09. The molecular formula is C16H20N2OS. The van der Waals surface area contributed by atoms with Gasteiger partial charge in [-0.05, 0) is 49.4 Å². The highest BCUT2D eigenvalue weighted by molar-refractivity contribution is 7.09. The maximum Gasteiger partial charge on any atom is 0.230 e. The molecule has 1 heterocycles. The molecule has 0 fully saturated rings. The van der Waals surface area contributed by atoms with Gasteiger partial charge in [-0.3, -0.25) is 4.79 Å². The van der Waals surface area contributed by atoms with E-state index in [0.29, 0.717) is 12.2 Å². The van der Waals surface area contributed by atoms with Crippen LogP contribution in [0.4, 0.5) is 5.69 Å². The van der Waals surface area contributed by atoms with Crippen molar-refractivity contribution in [2.24, 2.45) is 0 Å². The van der Waals surface area contributed by atoms with Crippen molar-refractivity contribution in [3.05, 3.63) is 52.2 Å². The number of amides is 1. The SMILES string of the molecule is CC(C)(C(=O)NCCc1cccs1)c1ccc(N)cc1. The maximum atomic E-state index is 12.3. The minimum absolute atomic E-state index is 0.0406. The van der Waals surface area contributed by atoms with E-state index in [2.05, 4.69) is 16.8 Å². The zero-order valence-corrected chi connectivity index (χ0v) is 12.7. The van der Waals surface area contributed by atoms with E-state index in [9.17, 15) is 4.79 Å². The van der Waals surface area contributed by atoms with Crippen molar-refractivity contribution in [2.45, 2.75) is 25.7 Å². The molecular weight excluding hydrogens is 268 g/mol. The molecule has 1 amide bonds. The van der Waals surface area contributed by atoms with Crippen molar-refractivity contribution < 1.29 is 4.79 Å². The Balaban J connectivity index is 1.94. The van der Waals surface area contributed by atoms with Gasteiger partial charge in [0.1, 0.15) is 0 Å². The number of carbonyl (C=O) groups excluding carboxylic acids is 1. The van der Waals surface area contributed by atoms with Crippen LogP contribution in [0.15, 0.2) is 41.8 Å². The topological polar surface area (TPSA) is 55.1 Å². The molecule has 0 unspecified atom stereocenters. The number of nitrogens with two attached hydrogens (primary N) is 1. The molecule has 0 aliphatic rings. The second-order valence-corrected chi connectivity index (χ2v) is 6.36. The molecule has 1 aromatic carbocycles. The van der Waals surface area contributed by atoms with Gasteiger partial charge in [0.15, 0.2) is 0 Å². The molecule has 2 rings (SSSR count). The average Bonchev–Trinajstić information content (AvgIpc) is 2.92. The molecule has 1 aromatic heterocycles. The lowest BCUT2D eigenvalue weighted by Crippen LogP contribution is -2.40. The Bertz CT molecular complexity index is 559. The van der Waals surface area contributed by atoms with Crippen LogP contribution in [-0.2, 0) is 16.6 Å². The summed E-state index contributed by atoms with van der Waals surface area (Å²) < 4.78 is 0. The number of anilines is 1. The largest absolute Gasteiger partial charge is 0.399 e. The van der Waals surface area contributed by atoms with Crippen LogP contribution < -0.4 is 11.1 Å². The van der Waals surface area contributed by atoms with Crippen LogP contribution in [0.2, 0.25) is 0 Å². The van der Waals surface area contributed by atoms with Crippen LogP contribution in [0.1, 0.15) is 24.3 Å². The fourth-order valence-corrected chi connectivity index (χ4v) is 2.71. The third-order valence-electron chi connectivity index (χ3n) is 3.44. The van der Waals surface area contributed by atoms with Crippen LogP contribution in [0.3, 0.4) is 0 Å². The van der Waals surface area contributed by atoms with E-state index >= 15 is 0 Å². The van der Waals surface area contributed by atoms with Gasteiger partial charge in [0.2, 0.25) is 5.91 Å². The number of nitrogens with one attached hydrogen (secondary N) is 1. The highest BCUT2D eigenvalue weighted by atomic mass is 32.1. The van der Waals surface area contributed by atoms with E-state index in [4.69, 9.17) is 5.73 Å². The van der Waals surface area contributed by atoms with Crippen molar-refractivity contribution in [3.63, 3.8) is 0 Å². The van der Waals surface area contributed by atoms with Gasteiger partial charge >= 0.3 is 0 Å². The molecule has 106 valence electrons. The zero-order chi connectivity index (χ0) is 14.6. The number of carbonyl (C=O) groups is 1. The Morgan fingerprint density at radius 2 is 1.95 bits per heavy atom. The van der Waals surface area contributed by atoms with Crippen LogP contribution in [0, 0.1) is 0 Å². The molecule has 0 saturated carbocycles. The molecule has 0 aliphatic carbocycles. The molecule has 3 N–H and O–H groups in total. The quantitative estimate of drug-likeness (QED) is 0.831. The summed E-state index contributed by atoms with van der Waals surface area (Å²) in [5.74, 6) is 0.0406. The molecule has 0 radical (unpaired) electrons. The third kappa shape index (κ3) is 3.39. The third-order valence-corrected chi connectivity index (χ3v) is 4.37. The van der Waals surface area contributed by atoms with Crippen molar-refractivity contribution in [2.75, 3.05) is 12.3 Å². The first-order valence-electron chi connectivity index (χ1n) is 6.67. The smallest absolute Gasteiger partial charge is 0.230 e. The highest BCUT2D eigenvalue weighted by Crippen LogP contribution is 2.24. The lowest BCUT2D eigenvalue weighted by Gasteiger charge is -2.24. The molecule has 0 saturated heterocycles. The first-order chi connectivity index (χ1) is 9.50. The van der Waals surface area contributed by atoms with Crippen LogP contribution in [-0.4, -0.2) is 12.5 Å². The summed E-state index contributed by atoms with van der Waals surface area (Å²) in [6, 6.07) is 11.6. The van der Waals surface area contributed by atoms with Crippen LogP contribution in [0.5, 0.6) is 0 Å². The van der Waals surface area contributed by atoms with Crippen LogP contribution in [0.25, 0.3) is 0 Å². The van der Waals surface area contributed by atoms with E-state index in [-0.39, 0.29) is 5.91 Å². The molecule has 0 atom stereocenters. The predicted octanol–water partition coefficient (Wildman–Crippen LogP) is 2.97. The van der Waals surface area contributed by atoms with Gasteiger partial charge in [-0.2, -0.15) is 0 Å². The zero-order valence-electron chi connectivity index (χ0n) is 11.8. The summed E-state index contributed by atoms with van der Waals surface area (Å²) in [6.45, 7) is 4.52. The fraction of sp³-hybridized carbons (Fsp3) is 0.312. The Kier molecular flexibility index (Phi) is 4.45. The standard InChI is InChI=1S/C16H20N2OS/c1-16(2,12-5-7-13(17)8-6-12)15(19)18-10-9-14-4-3-11-20-14/h3-8,11H,9-10,17H2,1-2H3,(H,18,19). The first kappa shape index (κ1) is 14.6. The predicted molar refractivity (Wildman–Crippen MR) is 84.9 cm³/mol. The molecule has 0 spiro atoms. The summed E-state index contributed by atoms with van der Waals surface area (Å²) >= 11 is 1.71. The number of thiophene rings is 1. The lowest BCUT2D eigenvalue weighted by molar-refractivity contribution is -0.125. The normalized spacial score (nSPS) is 11.3. The number of rotatable bonds is 5. The molecule has 20 heavy (non-hydrogen) atoms. The van der Waals surface area contributed by atoms with Gasteiger partial charge in [-0.1, -0.05) is 18.2 Å². The minimum atomic E-state index is -0.552. The molecule has 4 heteroatoms. The summed E-state index contributed by atoms with van der Waals surface area (Å²) in [7, 11) is 0. The van der Waals surface area contributed by atoms with Gasteiger partial charge in [0.05, 0.1) is 5.41 Å². The first-order valence-corrected chi connectivity index (χ1v) is 7.55. The van der Waals surface area contributed by atoms with E-state index in [1.165, 1.54) is 4.88 Å². The van der Waals surface area contributed by atoms with Gasteiger partial charge in [0.25, 0.3) is 0 Å². The molecule has 2 aromatic rings. The highest BCUT2D eigenvalue weighted by Gasteiger charge is 2.29. The Labute approximate surface area is 123 Å². The summed E-state index contributed by atoms with van der Waals surface area (Å²) in [5, 5.41) is 5.06. The van der Waals surface area contributed by atoms with Gasteiger partial charge in [-0.25, -0.2) is 0 Å². The van der Waals surface area contributed by atoms with Crippen molar-refractivity contribution in [3.8, 4) is 0 Å². The Morgan fingerprint density at radius 1 is 1.25 bits per heavy atom. The summed E-state index contributed by atoms with van der Waals surface area (Å²) in [5.41, 5.74) is 6.81. The monoisotopic (exact) mass is 288 g/mol. The molecule has 3 nitrogen and oxygen atoms in total. The summed E-state index contributed by atoms with van der Waals surface area (Å²) in [4.78, 5) is 13.6. The summed E-state index contributed by atoms with van der Waals surface area (Å²) in [6.07, 6.45) is 0.876. The molecule has 0 bridgehead atoms. The van der Waals surface area contributed by atoms with E-state index in [0.717, 1.165) is 12.0 Å². The van der Waals surface area contributed by atoms with E-state index in [1.807, 2.05) is 44.2 Å². The van der Waals surface area contributed by atoms with Crippen LogP contribution >= 0.6 is 11.3 Å². The number of hydrogen-bond acceptors (Lipinski definition) is 3. The number of hydrogen-bond donors (Lipinski definition) is 2.